The number of nitrogens with one attached hydrogen (secondary N) is 1. The van der Waals surface area contributed by atoms with Crippen molar-refractivity contribution in [1.82, 2.24) is 29.0 Å². The lowest BCUT2D eigenvalue weighted by Gasteiger charge is -2.38. The lowest BCUT2D eigenvalue weighted by Crippen LogP contribution is -2.46. The zero-order chi connectivity index (χ0) is 33.8. The van der Waals surface area contributed by atoms with Gasteiger partial charge in [0.2, 0.25) is 11.7 Å². The minimum absolute atomic E-state index is 0.0131. The number of benzene rings is 1. The van der Waals surface area contributed by atoms with Gasteiger partial charge in [-0.1, -0.05) is 23.8 Å². The van der Waals surface area contributed by atoms with Crippen molar-refractivity contribution < 1.29 is 32.6 Å². The SMILES string of the molecule is O=C(Cn1c2c(c(=O)n3nc(C4=CCOCC4)nc13)C1(C=C2)CCN(C(=O)c2ncccc2O)CC1)Nc1ccc(C(F)(F)F)cc1Cl. The van der Waals surface area contributed by atoms with E-state index in [1.807, 2.05) is 12.2 Å². The molecule has 248 valence electrons. The smallest absolute Gasteiger partial charge is 0.416 e. The second-order valence-electron chi connectivity index (χ2n) is 11.7. The van der Waals surface area contributed by atoms with Crippen molar-refractivity contribution in [3.05, 3.63) is 92.4 Å². The van der Waals surface area contributed by atoms with Crippen LogP contribution in [0.1, 0.15) is 52.4 Å². The Hall–Kier alpha value is -5.02. The van der Waals surface area contributed by atoms with Crippen LogP contribution in [-0.2, 0) is 27.7 Å². The lowest BCUT2D eigenvalue weighted by molar-refractivity contribution is -0.137. The van der Waals surface area contributed by atoms with Crippen LogP contribution in [0, 0.1) is 0 Å². The van der Waals surface area contributed by atoms with Crippen LogP contribution in [0.2, 0.25) is 5.02 Å². The van der Waals surface area contributed by atoms with Crippen molar-refractivity contribution in [2.45, 2.75) is 37.4 Å². The monoisotopic (exact) mass is 681 g/mol. The molecule has 48 heavy (non-hydrogen) atoms. The van der Waals surface area contributed by atoms with Gasteiger partial charge in [-0.3, -0.25) is 14.4 Å². The molecule has 2 amide bonds. The zero-order valence-corrected chi connectivity index (χ0v) is 25.9. The van der Waals surface area contributed by atoms with Gasteiger partial charge in [0, 0.05) is 24.7 Å². The Bertz CT molecular complexity index is 2100. The maximum absolute atomic E-state index is 14.2. The highest BCUT2D eigenvalue weighted by molar-refractivity contribution is 6.33. The zero-order valence-electron chi connectivity index (χ0n) is 25.1. The first-order valence-corrected chi connectivity index (χ1v) is 15.4. The number of fused-ring (bicyclic) bond motifs is 3. The molecular weight excluding hydrogens is 655 g/mol. The maximum atomic E-state index is 14.2. The van der Waals surface area contributed by atoms with Gasteiger partial charge < -0.3 is 24.6 Å². The average molecular weight is 682 g/mol. The molecule has 2 N–H and O–H groups in total. The Balaban J connectivity index is 1.24. The molecule has 1 aliphatic carbocycles. The van der Waals surface area contributed by atoms with Gasteiger partial charge in [-0.15, -0.1) is 5.10 Å². The second kappa shape index (κ2) is 11.9. The number of likely N-dealkylation sites (tertiary alicyclic amines) is 1. The van der Waals surface area contributed by atoms with E-state index >= 15 is 0 Å². The first kappa shape index (κ1) is 31.6. The third-order valence-electron chi connectivity index (χ3n) is 8.90. The lowest BCUT2D eigenvalue weighted by atomic mass is 9.75. The molecule has 1 saturated heterocycles. The highest BCUT2D eigenvalue weighted by Crippen LogP contribution is 2.43. The molecule has 0 atom stereocenters. The van der Waals surface area contributed by atoms with Gasteiger partial charge in [-0.05, 0) is 61.2 Å². The van der Waals surface area contributed by atoms with Gasteiger partial charge in [0.25, 0.3) is 11.5 Å². The van der Waals surface area contributed by atoms with E-state index in [1.165, 1.54) is 22.8 Å². The van der Waals surface area contributed by atoms with Crippen molar-refractivity contribution >= 4 is 46.5 Å². The quantitative estimate of drug-likeness (QED) is 0.317. The van der Waals surface area contributed by atoms with Crippen LogP contribution in [0.4, 0.5) is 18.9 Å². The molecule has 3 aromatic heterocycles. The number of hydrogen-bond acceptors (Lipinski definition) is 8. The molecule has 2 aliphatic heterocycles. The van der Waals surface area contributed by atoms with Gasteiger partial charge >= 0.3 is 6.18 Å². The number of hydrogen-bond donors (Lipinski definition) is 2. The van der Waals surface area contributed by atoms with Gasteiger partial charge in [-0.25, -0.2) is 4.98 Å². The summed E-state index contributed by atoms with van der Waals surface area (Å²) in [5.41, 5.74) is -0.624. The number of aromatic hydroxyl groups is 1. The van der Waals surface area contributed by atoms with E-state index in [0.29, 0.717) is 49.6 Å². The highest BCUT2D eigenvalue weighted by atomic mass is 35.5. The molecule has 5 heterocycles. The molecular formula is C32H27ClF3N7O5. The largest absolute Gasteiger partial charge is 0.505 e. The van der Waals surface area contributed by atoms with Crippen LogP contribution in [0.15, 0.2) is 53.5 Å². The van der Waals surface area contributed by atoms with E-state index in [2.05, 4.69) is 20.4 Å². The summed E-state index contributed by atoms with van der Waals surface area (Å²) in [6.45, 7) is 0.972. The minimum atomic E-state index is -4.61. The number of aromatic nitrogens is 5. The standard InChI is InChI=1S/C32H27ClF3N7O5/c33-20-16-19(32(34,35)36)3-4-21(20)38-24(45)17-42-22-5-8-31(9-12-41(13-10-31)29(47)26-23(44)2-1-11-37-26)25(22)28(46)43-30(42)39-27(40-43)18-6-14-48-15-7-18/h1-6,8,11,16,44H,7,9-10,12-15,17H2,(H,38,45). The molecule has 0 unspecified atom stereocenters. The van der Waals surface area contributed by atoms with E-state index in [9.17, 15) is 32.7 Å². The predicted molar refractivity (Wildman–Crippen MR) is 167 cm³/mol. The molecule has 1 fully saturated rings. The van der Waals surface area contributed by atoms with Crippen LogP contribution in [-0.4, -0.2) is 72.3 Å². The van der Waals surface area contributed by atoms with Crippen molar-refractivity contribution in [3.63, 3.8) is 0 Å². The van der Waals surface area contributed by atoms with Crippen LogP contribution in [0.5, 0.6) is 5.75 Å². The molecule has 0 saturated carbocycles. The number of piperidine rings is 1. The summed E-state index contributed by atoms with van der Waals surface area (Å²) in [5, 5.41) is 17.0. The summed E-state index contributed by atoms with van der Waals surface area (Å²) in [4.78, 5) is 51.0. The Morgan fingerprint density at radius 1 is 1.17 bits per heavy atom. The number of nitrogens with zero attached hydrogens (tertiary/aromatic N) is 6. The molecule has 16 heteroatoms. The number of alkyl halides is 3. The van der Waals surface area contributed by atoms with Crippen LogP contribution in [0.3, 0.4) is 0 Å². The minimum Gasteiger partial charge on any atom is -0.505 e. The predicted octanol–water partition coefficient (Wildman–Crippen LogP) is 4.31. The molecule has 12 nitrogen and oxygen atoms in total. The summed E-state index contributed by atoms with van der Waals surface area (Å²) in [6, 6.07) is 5.55. The van der Waals surface area contributed by atoms with Gasteiger partial charge in [0.1, 0.15) is 12.3 Å². The highest BCUT2D eigenvalue weighted by Gasteiger charge is 2.44. The molecule has 4 aromatic rings. The third kappa shape index (κ3) is 5.52. The van der Waals surface area contributed by atoms with Gasteiger partial charge in [0.15, 0.2) is 11.5 Å². The summed E-state index contributed by atoms with van der Waals surface area (Å²) >= 11 is 6.10. The molecule has 7 rings (SSSR count). The van der Waals surface area contributed by atoms with Crippen molar-refractivity contribution in [2.24, 2.45) is 0 Å². The normalized spacial score (nSPS) is 17.1. The maximum Gasteiger partial charge on any atom is 0.416 e. The molecule has 3 aliphatic rings. The number of rotatable bonds is 5. The summed E-state index contributed by atoms with van der Waals surface area (Å²) in [5.74, 6) is -0.856. The van der Waals surface area contributed by atoms with Crippen molar-refractivity contribution in [3.8, 4) is 5.75 Å². The average Bonchev–Trinajstić information content (AvgIpc) is 3.68. The van der Waals surface area contributed by atoms with Gasteiger partial charge in [0.05, 0.1) is 40.7 Å². The van der Waals surface area contributed by atoms with E-state index in [0.717, 1.165) is 23.8 Å². The van der Waals surface area contributed by atoms with E-state index < -0.39 is 34.5 Å². The Morgan fingerprint density at radius 3 is 2.65 bits per heavy atom. The molecule has 1 aromatic carbocycles. The van der Waals surface area contributed by atoms with Crippen LogP contribution < -0.4 is 10.9 Å². The third-order valence-corrected chi connectivity index (χ3v) is 9.21. The fourth-order valence-electron chi connectivity index (χ4n) is 6.42. The summed E-state index contributed by atoms with van der Waals surface area (Å²) in [6.07, 6.45) is 3.55. The number of pyridine rings is 1. The summed E-state index contributed by atoms with van der Waals surface area (Å²) in [7, 11) is 0. The number of allylic oxidation sites excluding steroid dienone is 1. The van der Waals surface area contributed by atoms with Gasteiger partial charge in [-0.2, -0.15) is 22.7 Å². The van der Waals surface area contributed by atoms with Crippen LogP contribution in [0.25, 0.3) is 17.4 Å². The fraction of sp³-hybridized carbons (Fsp3) is 0.312. The number of carbonyl (C=O) groups excluding carboxylic acids is 2. The number of amides is 2. The van der Waals surface area contributed by atoms with E-state index in [4.69, 9.17) is 16.3 Å². The first-order valence-electron chi connectivity index (χ1n) is 15.1. The topological polar surface area (TPSA) is 144 Å². The number of anilines is 1. The molecule has 1 spiro atoms. The first-order chi connectivity index (χ1) is 22.9. The van der Waals surface area contributed by atoms with Crippen LogP contribution >= 0.6 is 11.6 Å². The Morgan fingerprint density at radius 2 is 1.96 bits per heavy atom. The number of ether oxygens (including phenoxy) is 1. The molecule has 0 radical (unpaired) electrons. The summed E-state index contributed by atoms with van der Waals surface area (Å²) < 4.78 is 47.6. The number of halogens is 4. The fourth-order valence-corrected chi connectivity index (χ4v) is 6.65. The van der Waals surface area contributed by atoms with Crippen molar-refractivity contribution in [1.29, 1.82) is 0 Å². The Kier molecular flexibility index (Phi) is 7.83. The second-order valence-corrected chi connectivity index (χ2v) is 12.2. The van der Waals surface area contributed by atoms with Crippen molar-refractivity contribution in [2.75, 3.05) is 31.6 Å². The number of carbonyl (C=O) groups is 2. The van der Waals surface area contributed by atoms with E-state index in [-0.39, 0.29) is 47.6 Å². The van der Waals surface area contributed by atoms with E-state index in [1.54, 1.807) is 15.5 Å². The Labute approximate surface area is 275 Å². The molecule has 0 bridgehead atoms.